The van der Waals surface area contributed by atoms with Crippen LogP contribution < -0.4 is 5.32 Å². The van der Waals surface area contributed by atoms with Gasteiger partial charge in [0, 0.05) is 5.69 Å². The van der Waals surface area contributed by atoms with E-state index in [1.807, 2.05) is 0 Å². The summed E-state index contributed by atoms with van der Waals surface area (Å²) in [6.45, 7) is 0. The van der Waals surface area contributed by atoms with E-state index in [0.29, 0.717) is 11.1 Å². The van der Waals surface area contributed by atoms with E-state index in [1.54, 1.807) is 18.2 Å². The SMILES string of the molecule is COC(=O)c1ccc(/C=C(\C#N)C(=O)Nc2ccc(F)c(Cl)c2)cc1. The fourth-order valence-electron chi connectivity index (χ4n) is 1.92. The van der Waals surface area contributed by atoms with E-state index in [4.69, 9.17) is 11.6 Å². The van der Waals surface area contributed by atoms with E-state index in [1.165, 1.54) is 37.5 Å². The monoisotopic (exact) mass is 358 g/mol. The Morgan fingerprint density at radius 2 is 1.92 bits per heavy atom. The van der Waals surface area contributed by atoms with E-state index in [0.717, 1.165) is 6.07 Å². The number of ether oxygens (including phenoxy) is 1. The van der Waals surface area contributed by atoms with E-state index in [2.05, 4.69) is 10.1 Å². The summed E-state index contributed by atoms with van der Waals surface area (Å²) in [7, 11) is 1.27. The third kappa shape index (κ3) is 4.66. The van der Waals surface area contributed by atoms with Gasteiger partial charge in [-0.15, -0.1) is 0 Å². The number of methoxy groups -OCH3 is 1. The van der Waals surface area contributed by atoms with Crippen molar-refractivity contribution in [2.45, 2.75) is 0 Å². The van der Waals surface area contributed by atoms with Gasteiger partial charge in [-0.1, -0.05) is 23.7 Å². The number of hydrogen-bond donors (Lipinski definition) is 1. The molecule has 1 amide bonds. The molecule has 5 nitrogen and oxygen atoms in total. The fourth-order valence-corrected chi connectivity index (χ4v) is 2.10. The molecule has 0 aromatic heterocycles. The van der Waals surface area contributed by atoms with Crippen molar-refractivity contribution in [1.29, 1.82) is 5.26 Å². The molecule has 7 heteroatoms. The van der Waals surface area contributed by atoms with Crippen LogP contribution in [0.1, 0.15) is 15.9 Å². The third-order valence-corrected chi connectivity index (χ3v) is 3.47. The van der Waals surface area contributed by atoms with Crippen LogP contribution in [0.25, 0.3) is 6.08 Å². The van der Waals surface area contributed by atoms with Gasteiger partial charge in [0.05, 0.1) is 17.7 Å². The average Bonchev–Trinajstić information content (AvgIpc) is 2.62. The summed E-state index contributed by atoms with van der Waals surface area (Å²) < 4.78 is 17.7. The maximum atomic E-state index is 13.1. The molecule has 0 heterocycles. The summed E-state index contributed by atoms with van der Waals surface area (Å²) in [5.41, 5.74) is 1.00. The molecule has 0 aliphatic rings. The first-order chi connectivity index (χ1) is 11.9. The van der Waals surface area contributed by atoms with Gasteiger partial charge in [0.15, 0.2) is 0 Å². The van der Waals surface area contributed by atoms with E-state index in [-0.39, 0.29) is 16.3 Å². The lowest BCUT2D eigenvalue weighted by Gasteiger charge is -2.05. The maximum Gasteiger partial charge on any atom is 0.337 e. The van der Waals surface area contributed by atoms with Gasteiger partial charge in [-0.2, -0.15) is 5.26 Å². The zero-order valence-corrected chi connectivity index (χ0v) is 13.8. The molecule has 0 spiro atoms. The summed E-state index contributed by atoms with van der Waals surface area (Å²) in [6, 6.07) is 11.7. The van der Waals surface area contributed by atoms with E-state index >= 15 is 0 Å². The van der Waals surface area contributed by atoms with Crippen LogP contribution in [-0.2, 0) is 9.53 Å². The van der Waals surface area contributed by atoms with Gasteiger partial charge >= 0.3 is 5.97 Å². The predicted molar refractivity (Wildman–Crippen MR) is 91.4 cm³/mol. The van der Waals surface area contributed by atoms with Crippen LogP contribution in [0.2, 0.25) is 5.02 Å². The minimum absolute atomic E-state index is 0.140. The van der Waals surface area contributed by atoms with Crippen LogP contribution in [-0.4, -0.2) is 19.0 Å². The second-order valence-corrected chi connectivity index (χ2v) is 5.27. The minimum atomic E-state index is -0.665. The summed E-state index contributed by atoms with van der Waals surface area (Å²) in [6.07, 6.45) is 1.36. The number of benzene rings is 2. The molecular weight excluding hydrogens is 347 g/mol. The Morgan fingerprint density at radius 3 is 2.48 bits per heavy atom. The smallest absolute Gasteiger partial charge is 0.337 e. The molecular formula is C18H12ClFN2O3. The van der Waals surface area contributed by atoms with Gasteiger partial charge in [0.1, 0.15) is 17.5 Å². The molecule has 0 aliphatic heterocycles. The number of carbonyl (C=O) groups excluding carboxylic acids is 2. The summed E-state index contributed by atoms with van der Waals surface area (Å²) in [4.78, 5) is 23.5. The number of hydrogen-bond acceptors (Lipinski definition) is 4. The molecule has 2 aromatic carbocycles. The van der Waals surface area contributed by atoms with Gasteiger partial charge in [0.2, 0.25) is 0 Å². The van der Waals surface area contributed by atoms with Crippen LogP contribution >= 0.6 is 11.6 Å². The van der Waals surface area contributed by atoms with Crippen molar-refractivity contribution >= 4 is 35.2 Å². The normalized spacial score (nSPS) is 10.7. The Kier molecular flexibility index (Phi) is 5.88. The Labute approximate surface area is 148 Å². The predicted octanol–water partition coefficient (Wildman–Crippen LogP) is 3.81. The van der Waals surface area contributed by atoms with Crippen molar-refractivity contribution in [3.05, 3.63) is 70.0 Å². The van der Waals surface area contributed by atoms with Gasteiger partial charge < -0.3 is 10.1 Å². The highest BCUT2D eigenvalue weighted by Gasteiger charge is 2.11. The molecule has 0 fully saturated rings. The van der Waals surface area contributed by atoms with Gasteiger partial charge in [-0.25, -0.2) is 9.18 Å². The number of nitrogens with one attached hydrogen (secondary N) is 1. The van der Waals surface area contributed by atoms with Crippen molar-refractivity contribution in [2.75, 3.05) is 12.4 Å². The third-order valence-electron chi connectivity index (χ3n) is 3.19. The molecule has 0 unspecified atom stereocenters. The number of nitriles is 1. The molecule has 25 heavy (non-hydrogen) atoms. The quantitative estimate of drug-likeness (QED) is 0.512. The van der Waals surface area contributed by atoms with Crippen molar-refractivity contribution in [3.8, 4) is 6.07 Å². The van der Waals surface area contributed by atoms with Crippen LogP contribution in [0.15, 0.2) is 48.0 Å². The summed E-state index contributed by atoms with van der Waals surface area (Å²) in [5, 5.41) is 11.5. The molecule has 2 rings (SSSR count). The first-order valence-electron chi connectivity index (χ1n) is 7.01. The highest BCUT2D eigenvalue weighted by Crippen LogP contribution is 2.20. The lowest BCUT2D eigenvalue weighted by molar-refractivity contribution is -0.112. The second-order valence-electron chi connectivity index (χ2n) is 4.87. The van der Waals surface area contributed by atoms with Crippen LogP contribution in [0.4, 0.5) is 10.1 Å². The molecule has 0 bridgehead atoms. The number of halogens is 2. The first-order valence-corrected chi connectivity index (χ1v) is 7.39. The topological polar surface area (TPSA) is 79.2 Å². The molecule has 1 N–H and O–H groups in total. The lowest BCUT2D eigenvalue weighted by atomic mass is 10.1. The maximum absolute atomic E-state index is 13.1. The van der Waals surface area contributed by atoms with E-state index in [9.17, 15) is 19.2 Å². The highest BCUT2D eigenvalue weighted by molar-refractivity contribution is 6.31. The van der Waals surface area contributed by atoms with Gasteiger partial charge in [0.25, 0.3) is 5.91 Å². The number of amides is 1. The second kappa shape index (κ2) is 8.08. The van der Waals surface area contributed by atoms with Gasteiger partial charge in [-0.05, 0) is 42.0 Å². The molecule has 126 valence electrons. The van der Waals surface area contributed by atoms with Crippen LogP contribution in [0.5, 0.6) is 0 Å². The Balaban J connectivity index is 2.18. The number of rotatable bonds is 4. The van der Waals surface area contributed by atoms with Crippen LogP contribution in [0, 0.1) is 17.1 Å². The fraction of sp³-hybridized carbons (Fsp3) is 0.0556. The van der Waals surface area contributed by atoms with Crippen molar-refractivity contribution in [2.24, 2.45) is 0 Å². The first kappa shape index (κ1) is 18.2. The number of esters is 1. The average molecular weight is 359 g/mol. The van der Waals surface area contributed by atoms with Crippen molar-refractivity contribution in [1.82, 2.24) is 0 Å². The highest BCUT2D eigenvalue weighted by atomic mass is 35.5. The number of anilines is 1. The minimum Gasteiger partial charge on any atom is -0.465 e. The number of carbonyl (C=O) groups is 2. The lowest BCUT2D eigenvalue weighted by Crippen LogP contribution is -2.13. The molecule has 0 aliphatic carbocycles. The summed E-state index contributed by atoms with van der Waals surface area (Å²) in [5.74, 6) is -1.76. The van der Waals surface area contributed by atoms with E-state index < -0.39 is 17.7 Å². The number of nitrogens with zero attached hydrogens (tertiary/aromatic N) is 1. The molecule has 0 atom stereocenters. The largest absolute Gasteiger partial charge is 0.465 e. The molecule has 2 aromatic rings. The Morgan fingerprint density at radius 1 is 1.24 bits per heavy atom. The Bertz CT molecular complexity index is 886. The standard InChI is InChI=1S/C18H12ClFN2O3/c1-25-18(24)12-4-2-11(3-5-12)8-13(10-21)17(23)22-14-6-7-16(20)15(19)9-14/h2-9H,1H3,(H,22,23)/b13-8+. The van der Waals surface area contributed by atoms with Crippen molar-refractivity contribution in [3.63, 3.8) is 0 Å². The Hall–Kier alpha value is -3.17. The zero-order valence-electron chi connectivity index (χ0n) is 13.0. The summed E-state index contributed by atoms with van der Waals surface area (Å²) >= 11 is 5.65. The zero-order chi connectivity index (χ0) is 18.4. The molecule has 0 saturated heterocycles. The molecule has 0 radical (unpaired) electrons. The van der Waals surface area contributed by atoms with Crippen molar-refractivity contribution < 1.29 is 18.7 Å². The molecule has 0 saturated carbocycles. The van der Waals surface area contributed by atoms with Gasteiger partial charge in [-0.3, -0.25) is 4.79 Å². The van der Waals surface area contributed by atoms with Crippen LogP contribution in [0.3, 0.4) is 0 Å².